The van der Waals surface area contributed by atoms with Gasteiger partial charge in [0.05, 0.1) is 17.0 Å². The molecule has 2 heterocycles. The number of hydrogen-bond acceptors (Lipinski definition) is 7. The van der Waals surface area contributed by atoms with Crippen molar-refractivity contribution in [2.24, 2.45) is 0 Å². The number of furan rings is 1. The third-order valence-electron chi connectivity index (χ3n) is 7.29. The van der Waals surface area contributed by atoms with Gasteiger partial charge in [0.15, 0.2) is 0 Å². The summed E-state index contributed by atoms with van der Waals surface area (Å²) in [6.45, 7) is 0.725. The smallest absolute Gasteiger partial charge is 0.255 e. The predicted molar refractivity (Wildman–Crippen MR) is 156 cm³/mol. The minimum absolute atomic E-state index is 0.0178. The molecule has 40 heavy (non-hydrogen) atoms. The second kappa shape index (κ2) is 12.0. The zero-order valence-corrected chi connectivity index (χ0v) is 23.5. The van der Waals surface area contributed by atoms with Crippen molar-refractivity contribution in [1.82, 2.24) is 9.62 Å². The van der Waals surface area contributed by atoms with Gasteiger partial charge >= 0.3 is 0 Å². The van der Waals surface area contributed by atoms with E-state index in [1.165, 1.54) is 19.2 Å². The van der Waals surface area contributed by atoms with Gasteiger partial charge in [0.2, 0.25) is 10.0 Å². The maximum absolute atomic E-state index is 13.6. The Labute approximate surface area is 237 Å². The molecule has 3 aromatic carbocycles. The largest absolute Gasteiger partial charge is 0.455 e. The first kappa shape index (κ1) is 28.2. The summed E-state index contributed by atoms with van der Waals surface area (Å²) in [6, 6.07) is 18.8. The van der Waals surface area contributed by atoms with Gasteiger partial charge in [0.25, 0.3) is 5.91 Å². The fraction of sp³-hybridized carbons (Fsp3) is 0.276. The summed E-state index contributed by atoms with van der Waals surface area (Å²) in [6.07, 6.45) is 1.84. The average molecular weight is 584 g/mol. The standard InChI is InChI=1S/C29H30FN3O5S2/c1-31-29(34)27-24-16-23(25(32-39-35)17-26(24)38-28(27)20-9-11-22(30)12-10-20)21-8-5-14-33(18-21)40(36,37)15-13-19-6-3-2-4-7-19/h2-4,6-7,9-12,16-17,21,32,35H,5,8,13-15,18H2,1H3,(H,31,34)/t21-/m0/s1. The fourth-order valence-electron chi connectivity index (χ4n) is 5.26. The summed E-state index contributed by atoms with van der Waals surface area (Å²) in [7, 11) is -1.98. The molecule has 8 nitrogen and oxygen atoms in total. The number of nitrogens with one attached hydrogen (secondary N) is 2. The highest BCUT2D eigenvalue weighted by Crippen LogP contribution is 2.41. The van der Waals surface area contributed by atoms with E-state index in [0.29, 0.717) is 65.2 Å². The van der Waals surface area contributed by atoms with Gasteiger partial charge in [-0.05, 0) is 66.6 Å². The van der Waals surface area contributed by atoms with Gasteiger partial charge in [-0.15, -0.1) is 0 Å². The van der Waals surface area contributed by atoms with Crippen molar-refractivity contribution in [1.29, 1.82) is 0 Å². The molecule has 5 rings (SSSR count). The van der Waals surface area contributed by atoms with Crippen molar-refractivity contribution >= 4 is 44.8 Å². The minimum Gasteiger partial charge on any atom is -0.455 e. The van der Waals surface area contributed by atoms with E-state index in [1.54, 1.807) is 22.5 Å². The van der Waals surface area contributed by atoms with Crippen molar-refractivity contribution in [3.05, 3.63) is 89.2 Å². The Balaban J connectivity index is 1.51. The van der Waals surface area contributed by atoms with Crippen LogP contribution >= 0.6 is 12.2 Å². The molecule has 0 radical (unpaired) electrons. The number of amides is 1. The van der Waals surface area contributed by atoms with Gasteiger partial charge in [-0.25, -0.2) is 17.1 Å². The lowest BCUT2D eigenvalue weighted by Gasteiger charge is -2.33. The van der Waals surface area contributed by atoms with Gasteiger partial charge in [0.1, 0.15) is 29.4 Å². The van der Waals surface area contributed by atoms with Crippen LogP contribution in [0.1, 0.15) is 40.2 Å². The second-order valence-electron chi connectivity index (χ2n) is 9.77. The molecule has 1 atom stereocenters. The molecular formula is C29H30FN3O5S2. The lowest BCUT2D eigenvalue weighted by atomic mass is 9.89. The number of nitrogens with zero attached hydrogens (tertiary/aromatic N) is 1. The van der Waals surface area contributed by atoms with Crippen LogP contribution in [-0.4, -0.2) is 49.1 Å². The van der Waals surface area contributed by atoms with Crippen molar-refractivity contribution in [3.8, 4) is 11.3 Å². The van der Waals surface area contributed by atoms with Gasteiger partial charge in [0, 0.05) is 37.2 Å². The summed E-state index contributed by atoms with van der Waals surface area (Å²) in [5.74, 6) is -0.640. The van der Waals surface area contributed by atoms with Crippen LogP contribution in [0.5, 0.6) is 0 Å². The first-order chi connectivity index (χ1) is 19.3. The monoisotopic (exact) mass is 583 g/mol. The van der Waals surface area contributed by atoms with E-state index in [0.717, 1.165) is 17.5 Å². The maximum atomic E-state index is 13.6. The van der Waals surface area contributed by atoms with Crippen LogP contribution in [0.4, 0.5) is 10.1 Å². The zero-order valence-electron chi connectivity index (χ0n) is 21.9. The van der Waals surface area contributed by atoms with Crippen LogP contribution < -0.4 is 10.0 Å². The van der Waals surface area contributed by atoms with Gasteiger partial charge in [-0.3, -0.25) is 4.79 Å². The summed E-state index contributed by atoms with van der Waals surface area (Å²) in [4.78, 5) is 13.0. The Morgan fingerprint density at radius 3 is 2.60 bits per heavy atom. The van der Waals surface area contributed by atoms with Crippen LogP contribution in [0.2, 0.25) is 0 Å². The predicted octanol–water partition coefficient (Wildman–Crippen LogP) is 5.88. The lowest BCUT2D eigenvalue weighted by molar-refractivity contribution is 0.0964. The highest BCUT2D eigenvalue weighted by atomic mass is 32.2. The number of sulfonamides is 1. The molecule has 0 bridgehead atoms. The Morgan fingerprint density at radius 2 is 1.90 bits per heavy atom. The maximum Gasteiger partial charge on any atom is 0.255 e. The van der Waals surface area contributed by atoms with E-state index in [9.17, 15) is 22.2 Å². The molecule has 0 unspecified atom stereocenters. The molecule has 4 aromatic rings. The number of piperidine rings is 1. The molecule has 3 N–H and O–H groups in total. The highest BCUT2D eigenvalue weighted by molar-refractivity contribution is 7.95. The molecular weight excluding hydrogens is 553 g/mol. The van der Waals surface area contributed by atoms with Crippen molar-refractivity contribution in [3.63, 3.8) is 0 Å². The third kappa shape index (κ3) is 5.87. The van der Waals surface area contributed by atoms with E-state index in [4.69, 9.17) is 4.42 Å². The van der Waals surface area contributed by atoms with Crippen LogP contribution in [0, 0.1) is 5.82 Å². The number of anilines is 1. The first-order valence-electron chi connectivity index (χ1n) is 13.0. The van der Waals surface area contributed by atoms with Crippen molar-refractivity contribution < 1.29 is 26.6 Å². The van der Waals surface area contributed by atoms with E-state index in [1.807, 2.05) is 36.4 Å². The zero-order chi connectivity index (χ0) is 28.3. The fourth-order valence-corrected chi connectivity index (χ4v) is 7.10. The highest BCUT2D eigenvalue weighted by Gasteiger charge is 2.32. The number of hydrogen-bond donors (Lipinski definition) is 3. The van der Waals surface area contributed by atoms with E-state index in [-0.39, 0.29) is 24.1 Å². The number of carbonyl (C=O) groups excluding carboxylic acids is 1. The Hall–Kier alpha value is -3.38. The summed E-state index contributed by atoms with van der Waals surface area (Å²) < 4.78 is 60.3. The van der Waals surface area contributed by atoms with Crippen molar-refractivity contribution in [2.45, 2.75) is 25.2 Å². The van der Waals surface area contributed by atoms with Crippen LogP contribution in [0.15, 0.2) is 71.1 Å². The molecule has 1 aliphatic rings. The molecule has 1 amide bonds. The summed E-state index contributed by atoms with van der Waals surface area (Å²) in [5, 5.41) is 3.20. The normalized spacial score (nSPS) is 16.2. The number of benzene rings is 3. The molecule has 0 spiro atoms. The topological polar surface area (TPSA) is 112 Å². The molecule has 210 valence electrons. The Morgan fingerprint density at radius 1 is 1.15 bits per heavy atom. The summed E-state index contributed by atoms with van der Waals surface area (Å²) >= 11 is 0.429. The summed E-state index contributed by atoms with van der Waals surface area (Å²) in [5.41, 5.74) is 3.55. The first-order valence-corrected chi connectivity index (χ1v) is 15.4. The number of carbonyl (C=O) groups is 1. The SMILES string of the molecule is CNC(=O)c1c(-c2ccc(F)cc2)oc2cc(NSO)c([C@H]3CCCN(S(=O)(=O)CCc4ccccc4)C3)cc12. The van der Waals surface area contributed by atoms with Crippen LogP contribution in [0.3, 0.4) is 0 Å². The molecule has 1 aromatic heterocycles. The molecule has 0 saturated carbocycles. The van der Waals surface area contributed by atoms with E-state index >= 15 is 0 Å². The van der Waals surface area contributed by atoms with E-state index in [2.05, 4.69) is 10.0 Å². The Bertz CT molecular complexity index is 1610. The minimum atomic E-state index is -3.51. The third-order valence-corrected chi connectivity index (χ3v) is 9.43. The number of rotatable bonds is 9. The molecule has 11 heteroatoms. The quantitative estimate of drug-likeness (QED) is 0.167. The van der Waals surface area contributed by atoms with Crippen molar-refractivity contribution in [2.75, 3.05) is 30.6 Å². The molecule has 1 saturated heterocycles. The van der Waals surface area contributed by atoms with E-state index < -0.39 is 15.8 Å². The number of aryl methyl sites for hydroxylation is 1. The van der Waals surface area contributed by atoms with Crippen LogP contribution in [-0.2, 0) is 16.4 Å². The second-order valence-corrected chi connectivity index (χ2v) is 12.2. The Kier molecular flexibility index (Phi) is 8.46. The van der Waals surface area contributed by atoms with Gasteiger partial charge < -0.3 is 19.0 Å². The molecule has 1 fully saturated rings. The molecule has 0 aliphatic carbocycles. The molecule has 1 aliphatic heterocycles. The number of fused-ring (bicyclic) bond motifs is 1. The van der Waals surface area contributed by atoms with Gasteiger partial charge in [-0.1, -0.05) is 30.3 Å². The van der Waals surface area contributed by atoms with Crippen LogP contribution in [0.25, 0.3) is 22.3 Å². The van der Waals surface area contributed by atoms with Gasteiger partial charge in [-0.2, -0.15) is 0 Å². The lowest BCUT2D eigenvalue weighted by Crippen LogP contribution is -2.40. The number of halogens is 1. The average Bonchev–Trinajstić information content (AvgIpc) is 3.35.